The van der Waals surface area contributed by atoms with Crippen LogP contribution >= 0.6 is 0 Å². The highest BCUT2D eigenvalue weighted by Gasteiger charge is 2.00. The Morgan fingerprint density at radius 3 is 1.75 bits per heavy atom. The van der Waals surface area contributed by atoms with E-state index in [1.54, 1.807) is 6.92 Å². The van der Waals surface area contributed by atoms with Crippen molar-refractivity contribution < 1.29 is 18.4 Å². The van der Waals surface area contributed by atoms with Crippen LogP contribution < -0.4 is 0 Å². The Balaban J connectivity index is 0. The SMILES string of the molecule is C/C(=C\C(F)F)C(C)C.O=C=O. The lowest BCUT2D eigenvalue weighted by Gasteiger charge is -2.02. The Morgan fingerprint density at radius 2 is 1.67 bits per heavy atom. The van der Waals surface area contributed by atoms with Gasteiger partial charge in [0, 0.05) is 0 Å². The molecule has 0 aliphatic rings. The molecule has 70 valence electrons. The van der Waals surface area contributed by atoms with Crippen LogP contribution in [-0.2, 0) is 9.59 Å². The number of rotatable bonds is 2. The average Bonchev–Trinajstić information content (AvgIpc) is 1.87. The van der Waals surface area contributed by atoms with Crippen LogP contribution in [0, 0.1) is 5.92 Å². The third kappa shape index (κ3) is 11.7. The summed E-state index contributed by atoms with van der Waals surface area (Å²) in [6.45, 7) is 5.51. The molecule has 0 aromatic rings. The Hall–Kier alpha value is -1.02. The fourth-order valence-electron chi connectivity index (χ4n) is 0.391. The molecule has 0 aliphatic heterocycles. The van der Waals surface area contributed by atoms with Crippen molar-refractivity contribution in [3.63, 3.8) is 0 Å². The van der Waals surface area contributed by atoms with Crippen LogP contribution in [0.5, 0.6) is 0 Å². The summed E-state index contributed by atoms with van der Waals surface area (Å²) in [5, 5.41) is 0. The van der Waals surface area contributed by atoms with Crippen LogP contribution in [0.4, 0.5) is 8.78 Å². The Morgan fingerprint density at radius 1 is 1.33 bits per heavy atom. The molecule has 0 saturated carbocycles. The molecule has 0 radical (unpaired) electrons. The molecule has 0 amide bonds. The molecule has 0 saturated heterocycles. The summed E-state index contributed by atoms with van der Waals surface area (Å²) in [4.78, 5) is 16.2. The molecule has 0 bridgehead atoms. The summed E-state index contributed by atoms with van der Waals surface area (Å²) < 4.78 is 23.1. The van der Waals surface area contributed by atoms with Gasteiger partial charge in [-0.3, -0.25) is 0 Å². The molecule has 0 aliphatic carbocycles. The second kappa shape index (κ2) is 8.08. The minimum absolute atomic E-state index is 0.235. The lowest BCUT2D eigenvalue weighted by Crippen LogP contribution is -1.92. The molecule has 0 unspecified atom stereocenters. The largest absolute Gasteiger partial charge is 0.373 e. The van der Waals surface area contributed by atoms with Gasteiger partial charge in [-0.25, -0.2) is 8.78 Å². The van der Waals surface area contributed by atoms with E-state index in [1.807, 2.05) is 13.8 Å². The van der Waals surface area contributed by atoms with E-state index in [9.17, 15) is 8.78 Å². The number of hydrogen-bond acceptors (Lipinski definition) is 2. The molecule has 12 heavy (non-hydrogen) atoms. The Bertz CT molecular complexity index is 168. The number of halogens is 2. The van der Waals surface area contributed by atoms with Crippen molar-refractivity contribution in [2.75, 3.05) is 0 Å². The number of carbonyl (C=O) groups excluding carboxylic acids is 2. The maximum Gasteiger partial charge on any atom is 0.373 e. The smallest absolute Gasteiger partial charge is 0.206 e. The van der Waals surface area contributed by atoms with Crippen molar-refractivity contribution >= 4 is 6.15 Å². The van der Waals surface area contributed by atoms with Crippen molar-refractivity contribution in [3.8, 4) is 0 Å². The fourth-order valence-corrected chi connectivity index (χ4v) is 0.391. The van der Waals surface area contributed by atoms with Crippen molar-refractivity contribution in [2.45, 2.75) is 27.2 Å². The zero-order valence-corrected chi connectivity index (χ0v) is 7.30. The Kier molecular flexibility index (Phi) is 9.13. The van der Waals surface area contributed by atoms with E-state index in [0.29, 0.717) is 0 Å². The number of allylic oxidation sites excluding steroid dienone is 2. The van der Waals surface area contributed by atoms with Crippen LogP contribution in [0.3, 0.4) is 0 Å². The molecule has 0 spiro atoms. The van der Waals surface area contributed by atoms with Gasteiger partial charge in [0.1, 0.15) is 0 Å². The second-order valence-electron chi connectivity index (χ2n) is 2.48. The van der Waals surface area contributed by atoms with Gasteiger partial charge in [0.15, 0.2) is 0 Å². The molecule has 0 rings (SSSR count). The normalized spacial score (nSPS) is 10.8. The van der Waals surface area contributed by atoms with Crippen molar-refractivity contribution in [1.29, 1.82) is 0 Å². The van der Waals surface area contributed by atoms with E-state index in [4.69, 9.17) is 9.59 Å². The summed E-state index contributed by atoms with van der Waals surface area (Å²) in [6.07, 6.45) is -1.06. The van der Waals surface area contributed by atoms with Gasteiger partial charge >= 0.3 is 6.15 Å². The average molecular weight is 178 g/mol. The molecule has 0 fully saturated rings. The summed E-state index contributed by atoms with van der Waals surface area (Å²) in [5.74, 6) is 0.235. The molecule has 0 aromatic carbocycles. The van der Waals surface area contributed by atoms with E-state index in [2.05, 4.69) is 0 Å². The third-order valence-corrected chi connectivity index (χ3v) is 1.30. The van der Waals surface area contributed by atoms with Gasteiger partial charge in [0.05, 0.1) is 0 Å². The first-order valence-corrected chi connectivity index (χ1v) is 3.41. The van der Waals surface area contributed by atoms with Crippen molar-refractivity contribution in [2.24, 2.45) is 5.92 Å². The summed E-state index contributed by atoms with van der Waals surface area (Å²) in [7, 11) is 0. The third-order valence-electron chi connectivity index (χ3n) is 1.30. The molecule has 0 N–H and O–H groups in total. The van der Waals surface area contributed by atoms with Gasteiger partial charge in [-0.2, -0.15) is 9.59 Å². The van der Waals surface area contributed by atoms with Crippen LogP contribution in [0.15, 0.2) is 11.6 Å². The molecule has 4 heteroatoms. The van der Waals surface area contributed by atoms with Gasteiger partial charge in [-0.05, 0) is 18.9 Å². The first-order chi connectivity index (χ1) is 5.45. The summed E-state index contributed by atoms with van der Waals surface area (Å²) in [5.41, 5.74) is 0.755. The number of hydrogen-bond donors (Lipinski definition) is 0. The van der Waals surface area contributed by atoms with Crippen LogP contribution in [0.1, 0.15) is 20.8 Å². The molecular formula is C8H12F2O2. The van der Waals surface area contributed by atoms with Crippen molar-refractivity contribution in [3.05, 3.63) is 11.6 Å². The van der Waals surface area contributed by atoms with E-state index >= 15 is 0 Å². The quantitative estimate of drug-likeness (QED) is 0.608. The summed E-state index contributed by atoms with van der Waals surface area (Å²) in [6, 6.07) is 0. The van der Waals surface area contributed by atoms with Gasteiger partial charge in [-0.15, -0.1) is 0 Å². The molecule has 0 aromatic heterocycles. The zero-order valence-electron chi connectivity index (χ0n) is 7.30. The molecule has 0 heterocycles. The minimum atomic E-state index is -2.30. The standard InChI is InChI=1S/C7H12F2.CO2/c1-5(2)6(3)4-7(8)9;2-1-3/h4-5,7H,1-3H3;/b6-4+;. The van der Waals surface area contributed by atoms with Gasteiger partial charge in [0.25, 0.3) is 6.43 Å². The lowest BCUT2D eigenvalue weighted by atomic mass is 10.1. The van der Waals surface area contributed by atoms with Gasteiger partial charge in [-0.1, -0.05) is 19.4 Å². The highest BCUT2D eigenvalue weighted by molar-refractivity contribution is 5.20. The topological polar surface area (TPSA) is 34.1 Å². The van der Waals surface area contributed by atoms with Crippen LogP contribution in [-0.4, -0.2) is 12.6 Å². The predicted molar refractivity (Wildman–Crippen MR) is 39.6 cm³/mol. The Labute approximate surface area is 70.3 Å². The van der Waals surface area contributed by atoms with E-state index < -0.39 is 6.43 Å². The van der Waals surface area contributed by atoms with Crippen LogP contribution in [0.25, 0.3) is 0 Å². The second-order valence-corrected chi connectivity index (χ2v) is 2.48. The van der Waals surface area contributed by atoms with Crippen LogP contribution in [0.2, 0.25) is 0 Å². The summed E-state index contributed by atoms with van der Waals surface area (Å²) >= 11 is 0. The highest BCUT2D eigenvalue weighted by Crippen LogP contribution is 2.10. The fraction of sp³-hybridized carbons (Fsp3) is 0.625. The van der Waals surface area contributed by atoms with Gasteiger partial charge in [0.2, 0.25) is 0 Å². The van der Waals surface area contributed by atoms with E-state index in [-0.39, 0.29) is 12.1 Å². The lowest BCUT2D eigenvalue weighted by molar-refractivity contribution is -0.191. The highest BCUT2D eigenvalue weighted by atomic mass is 19.3. The maximum absolute atomic E-state index is 11.6. The first kappa shape index (κ1) is 13.6. The van der Waals surface area contributed by atoms with Crippen molar-refractivity contribution in [1.82, 2.24) is 0 Å². The zero-order chi connectivity index (χ0) is 10.1. The van der Waals surface area contributed by atoms with E-state index in [0.717, 1.165) is 11.6 Å². The van der Waals surface area contributed by atoms with Gasteiger partial charge < -0.3 is 0 Å². The number of alkyl halides is 2. The monoisotopic (exact) mass is 178 g/mol. The van der Waals surface area contributed by atoms with E-state index in [1.165, 1.54) is 0 Å². The first-order valence-electron chi connectivity index (χ1n) is 3.41. The maximum atomic E-state index is 11.6. The minimum Gasteiger partial charge on any atom is -0.206 e. The molecule has 2 nitrogen and oxygen atoms in total. The molecular weight excluding hydrogens is 166 g/mol. The predicted octanol–water partition coefficient (Wildman–Crippen LogP) is 2.27. The molecule has 0 atom stereocenters.